The fraction of sp³-hybridized carbons (Fsp3) is 0.200. The molecule has 0 fully saturated rings. The molecular weight excluding hydrogens is 293 g/mol. The maximum Gasteiger partial charge on any atom is 0.254 e. The third-order valence-electron chi connectivity index (χ3n) is 3.09. The SMILES string of the molecule is CNc1nccc(C(=O)NC(C)c2ccc(Cl)cc2)c1F. The number of halogens is 2. The van der Waals surface area contributed by atoms with Crippen LogP contribution in [0.4, 0.5) is 10.2 Å². The quantitative estimate of drug-likeness (QED) is 0.910. The topological polar surface area (TPSA) is 54.0 Å². The monoisotopic (exact) mass is 307 g/mol. The molecule has 110 valence electrons. The van der Waals surface area contributed by atoms with E-state index in [4.69, 9.17) is 11.6 Å². The Labute approximate surface area is 127 Å². The van der Waals surface area contributed by atoms with Crippen molar-refractivity contribution in [3.05, 3.63) is 58.5 Å². The molecule has 0 aliphatic rings. The van der Waals surface area contributed by atoms with Crippen molar-refractivity contribution in [1.82, 2.24) is 10.3 Å². The molecule has 0 saturated carbocycles. The van der Waals surface area contributed by atoms with Gasteiger partial charge in [-0.3, -0.25) is 4.79 Å². The van der Waals surface area contributed by atoms with E-state index in [0.717, 1.165) is 5.56 Å². The molecule has 0 spiro atoms. The third-order valence-corrected chi connectivity index (χ3v) is 3.34. The highest BCUT2D eigenvalue weighted by molar-refractivity contribution is 6.30. The van der Waals surface area contributed by atoms with Crippen molar-refractivity contribution < 1.29 is 9.18 Å². The summed E-state index contributed by atoms with van der Waals surface area (Å²) in [6.07, 6.45) is 1.39. The van der Waals surface area contributed by atoms with Crippen LogP contribution in [0.15, 0.2) is 36.5 Å². The highest BCUT2D eigenvalue weighted by Crippen LogP contribution is 2.18. The van der Waals surface area contributed by atoms with Crippen LogP contribution < -0.4 is 10.6 Å². The van der Waals surface area contributed by atoms with Crippen molar-refractivity contribution in [2.24, 2.45) is 0 Å². The van der Waals surface area contributed by atoms with Crippen molar-refractivity contribution in [3.63, 3.8) is 0 Å². The molecule has 1 unspecified atom stereocenters. The molecule has 1 aromatic heterocycles. The first-order valence-electron chi connectivity index (χ1n) is 6.41. The largest absolute Gasteiger partial charge is 0.371 e. The Bertz CT molecular complexity index is 646. The van der Waals surface area contributed by atoms with Crippen molar-refractivity contribution >= 4 is 23.3 Å². The summed E-state index contributed by atoms with van der Waals surface area (Å²) in [5.74, 6) is -1.11. The van der Waals surface area contributed by atoms with Crippen LogP contribution >= 0.6 is 11.6 Å². The molecule has 1 aromatic carbocycles. The standard InChI is InChI=1S/C15H15ClFN3O/c1-9(10-3-5-11(16)6-4-10)20-15(21)12-7-8-19-14(18-2)13(12)17/h3-9H,1-2H3,(H,18,19)(H,20,21). The molecular formula is C15H15ClFN3O. The van der Waals surface area contributed by atoms with Gasteiger partial charge in [0.25, 0.3) is 5.91 Å². The van der Waals surface area contributed by atoms with Gasteiger partial charge in [0.1, 0.15) is 0 Å². The highest BCUT2D eigenvalue weighted by Gasteiger charge is 2.17. The second-order valence-corrected chi connectivity index (χ2v) is 4.95. The fourth-order valence-corrected chi connectivity index (χ4v) is 2.03. The van der Waals surface area contributed by atoms with E-state index in [9.17, 15) is 9.18 Å². The van der Waals surface area contributed by atoms with Gasteiger partial charge in [0.15, 0.2) is 11.6 Å². The molecule has 1 heterocycles. The molecule has 2 aromatic rings. The van der Waals surface area contributed by atoms with Gasteiger partial charge < -0.3 is 10.6 Å². The van der Waals surface area contributed by atoms with Gasteiger partial charge in [-0.05, 0) is 30.7 Å². The number of aromatic nitrogens is 1. The van der Waals surface area contributed by atoms with Gasteiger partial charge in [0.2, 0.25) is 0 Å². The van der Waals surface area contributed by atoms with Gasteiger partial charge >= 0.3 is 0 Å². The van der Waals surface area contributed by atoms with Crippen LogP contribution in [0.3, 0.4) is 0 Å². The summed E-state index contributed by atoms with van der Waals surface area (Å²) in [5, 5.41) is 5.97. The minimum atomic E-state index is -0.666. The lowest BCUT2D eigenvalue weighted by atomic mass is 10.1. The molecule has 4 nitrogen and oxygen atoms in total. The minimum Gasteiger partial charge on any atom is -0.371 e. The van der Waals surface area contributed by atoms with Gasteiger partial charge in [-0.1, -0.05) is 23.7 Å². The van der Waals surface area contributed by atoms with Gasteiger partial charge in [0, 0.05) is 18.3 Å². The first kappa shape index (κ1) is 15.3. The summed E-state index contributed by atoms with van der Waals surface area (Å²) in [6.45, 7) is 1.82. The Morgan fingerprint density at radius 1 is 1.29 bits per heavy atom. The Kier molecular flexibility index (Phi) is 4.75. The molecule has 0 radical (unpaired) electrons. The number of rotatable bonds is 4. The van der Waals surface area contributed by atoms with Crippen molar-refractivity contribution in [3.8, 4) is 0 Å². The molecule has 1 amide bonds. The normalized spacial score (nSPS) is 11.8. The average Bonchev–Trinajstić information content (AvgIpc) is 2.48. The van der Waals surface area contributed by atoms with Crippen molar-refractivity contribution in [2.45, 2.75) is 13.0 Å². The lowest BCUT2D eigenvalue weighted by Gasteiger charge is -2.15. The summed E-state index contributed by atoms with van der Waals surface area (Å²) in [6, 6.07) is 8.20. The summed E-state index contributed by atoms with van der Waals surface area (Å²) in [4.78, 5) is 16.0. The molecule has 0 aliphatic carbocycles. The summed E-state index contributed by atoms with van der Waals surface area (Å²) in [7, 11) is 1.55. The number of nitrogens with zero attached hydrogens (tertiary/aromatic N) is 1. The molecule has 0 aliphatic heterocycles. The zero-order valence-corrected chi connectivity index (χ0v) is 12.4. The van der Waals surface area contributed by atoms with Gasteiger partial charge in [0.05, 0.1) is 11.6 Å². The second kappa shape index (κ2) is 6.54. The molecule has 2 N–H and O–H groups in total. The van der Waals surface area contributed by atoms with Crippen LogP contribution in [0.2, 0.25) is 5.02 Å². The zero-order chi connectivity index (χ0) is 15.4. The van der Waals surface area contributed by atoms with E-state index < -0.39 is 11.7 Å². The van der Waals surface area contributed by atoms with E-state index in [-0.39, 0.29) is 17.4 Å². The van der Waals surface area contributed by atoms with Crippen LogP contribution in [-0.2, 0) is 0 Å². The van der Waals surface area contributed by atoms with Crippen LogP contribution in [0, 0.1) is 5.82 Å². The molecule has 1 atom stereocenters. The predicted molar refractivity (Wildman–Crippen MR) is 81.1 cm³/mol. The number of hydrogen-bond donors (Lipinski definition) is 2. The van der Waals surface area contributed by atoms with Crippen LogP contribution in [0.5, 0.6) is 0 Å². The van der Waals surface area contributed by atoms with E-state index in [0.29, 0.717) is 5.02 Å². The molecule has 2 rings (SSSR count). The Balaban J connectivity index is 2.16. The van der Waals surface area contributed by atoms with Crippen molar-refractivity contribution in [1.29, 1.82) is 0 Å². The number of carbonyl (C=O) groups excluding carboxylic acids is 1. The number of anilines is 1. The number of benzene rings is 1. The highest BCUT2D eigenvalue weighted by atomic mass is 35.5. The van der Waals surface area contributed by atoms with Crippen molar-refractivity contribution in [2.75, 3.05) is 12.4 Å². The van der Waals surface area contributed by atoms with Crippen LogP contribution in [-0.4, -0.2) is 17.9 Å². The number of carbonyl (C=O) groups is 1. The van der Waals surface area contributed by atoms with Gasteiger partial charge in [-0.25, -0.2) is 9.37 Å². The summed E-state index contributed by atoms with van der Waals surface area (Å²) < 4.78 is 14.0. The van der Waals surface area contributed by atoms with E-state index >= 15 is 0 Å². The summed E-state index contributed by atoms with van der Waals surface area (Å²) >= 11 is 5.82. The number of hydrogen-bond acceptors (Lipinski definition) is 3. The lowest BCUT2D eigenvalue weighted by Crippen LogP contribution is -2.27. The average molecular weight is 308 g/mol. The molecule has 0 saturated heterocycles. The lowest BCUT2D eigenvalue weighted by molar-refractivity contribution is 0.0936. The van der Waals surface area contributed by atoms with Crippen LogP contribution in [0.1, 0.15) is 28.9 Å². The van der Waals surface area contributed by atoms with Gasteiger partial charge in [-0.15, -0.1) is 0 Å². The zero-order valence-electron chi connectivity index (χ0n) is 11.7. The molecule has 21 heavy (non-hydrogen) atoms. The van der Waals surface area contributed by atoms with E-state index in [1.165, 1.54) is 12.3 Å². The molecule has 6 heteroatoms. The smallest absolute Gasteiger partial charge is 0.254 e. The third kappa shape index (κ3) is 3.49. The number of nitrogens with one attached hydrogen (secondary N) is 2. The van der Waals surface area contributed by atoms with E-state index in [1.54, 1.807) is 19.2 Å². The maximum atomic E-state index is 14.0. The predicted octanol–water partition coefficient (Wildman–Crippen LogP) is 3.41. The number of amides is 1. The van der Waals surface area contributed by atoms with E-state index in [1.807, 2.05) is 19.1 Å². The second-order valence-electron chi connectivity index (χ2n) is 4.52. The Morgan fingerprint density at radius 3 is 2.57 bits per heavy atom. The Hall–Kier alpha value is -2.14. The van der Waals surface area contributed by atoms with E-state index in [2.05, 4.69) is 15.6 Å². The summed E-state index contributed by atoms with van der Waals surface area (Å²) in [5.41, 5.74) is 0.839. The minimum absolute atomic E-state index is 0.0433. The molecule has 0 bridgehead atoms. The first-order chi connectivity index (χ1) is 10.0. The maximum absolute atomic E-state index is 14.0. The fourth-order valence-electron chi connectivity index (χ4n) is 1.90. The van der Waals surface area contributed by atoms with Crippen LogP contribution in [0.25, 0.3) is 0 Å². The van der Waals surface area contributed by atoms with Gasteiger partial charge in [-0.2, -0.15) is 0 Å². The first-order valence-corrected chi connectivity index (χ1v) is 6.79. The Morgan fingerprint density at radius 2 is 1.95 bits per heavy atom. The number of pyridine rings is 1.